The summed E-state index contributed by atoms with van der Waals surface area (Å²) in [4.78, 5) is 18.8. The van der Waals surface area contributed by atoms with E-state index in [-0.39, 0.29) is 17.5 Å². The number of piperidine rings is 1. The molecule has 3 aliphatic rings. The Morgan fingerprint density at radius 1 is 1.18 bits per heavy atom. The summed E-state index contributed by atoms with van der Waals surface area (Å²) in [7, 11) is 0. The van der Waals surface area contributed by atoms with E-state index in [1.807, 2.05) is 30.5 Å². The first-order valence-corrected chi connectivity index (χ1v) is 14.3. The lowest BCUT2D eigenvalue weighted by Crippen LogP contribution is -2.53. The number of nitriles is 1. The highest BCUT2D eigenvalue weighted by molar-refractivity contribution is 7.18. The Balaban J connectivity index is 1.20. The van der Waals surface area contributed by atoms with Crippen molar-refractivity contribution in [3.05, 3.63) is 42.2 Å². The summed E-state index contributed by atoms with van der Waals surface area (Å²) in [5, 5.41) is 31.4. The van der Waals surface area contributed by atoms with Gasteiger partial charge in [0.1, 0.15) is 6.07 Å². The highest BCUT2D eigenvalue weighted by atomic mass is 32.1. The van der Waals surface area contributed by atoms with Crippen LogP contribution in [0.15, 0.2) is 36.7 Å². The van der Waals surface area contributed by atoms with Crippen molar-refractivity contribution in [2.24, 2.45) is 11.8 Å². The van der Waals surface area contributed by atoms with Crippen molar-refractivity contribution in [3.8, 4) is 28.0 Å². The molecule has 2 bridgehead atoms. The number of carbonyl (C=O) groups is 1. The monoisotopic (exact) mass is 555 g/mol. The quantitative estimate of drug-likeness (QED) is 0.367. The van der Waals surface area contributed by atoms with E-state index in [1.165, 1.54) is 0 Å². The van der Waals surface area contributed by atoms with E-state index in [0.29, 0.717) is 30.6 Å². The van der Waals surface area contributed by atoms with Gasteiger partial charge in [0.25, 0.3) is 0 Å². The van der Waals surface area contributed by atoms with Gasteiger partial charge in [-0.25, -0.2) is 4.52 Å². The highest BCUT2D eigenvalue weighted by Crippen LogP contribution is 2.42. The Kier molecular flexibility index (Phi) is 5.94. The van der Waals surface area contributed by atoms with E-state index >= 15 is 0 Å². The minimum atomic E-state index is -0.188. The maximum atomic E-state index is 11.7. The predicted molar refractivity (Wildman–Crippen MR) is 151 cm³/mol. The van der Waals surface area contributed by atoms with E-state index in [2.05, 4.69) is 43.8 Å². The summed E-state index contributed by atoms with van der Waals surface area (Å²) >= 11 is 1.57. The third-order valence-corrected chi connectivity index (χ3v) is 9.21. The molecule has 7 rings (SSSR count). The summed E-state index contributed by atoms with van der Waals surface area (Å²) < 4.78 is 7.30. The minimum absolute atomic E-state index is 0.0472. The van der Waals surface area contributed by atoms with Gasteiger partial charge in [0.15, 0.2) is 5.01 Å². The zero-order valence-corrected chi connectivity index (χ0v) is 23.1. The van der Waals surface area contributed by atoms with Crippen LogP contribution in [-0.4, -0.2) is 68.6 Å². The van der Waals surface area contributed by atoms with Gasteiger partial charge < -0.3 is 20.3 Å². The number of nitrogens with one attached hydrogen (secondary N) is 2. The zero-order valence-electron chi connectivity index (χ0n) is 22.3. The molecule has 6 heterocycles. The molecule has 40 heavy (non-hydrogen) atoms. The number of rotatable bonds is 6. The minimum Gasteiger partial charge on any atom is -0.376 e. The number of pyridine rings is 1. The number of aromatic nitrogens is 5. The molecule has 1 aliphatic carbocycles. The Morgan fingerprint density at radius 3 is 2.67 bits per heavy atom. The van der Waals surface area contributed by atoms with Crippen LogP contribution in [0.4, 0.5) is 10.8 Å². The molecule has 1 saturated carbocycles. The number of hydrogen-bond acceptors (Lipinski definition) is 10. The lowest BCUT2D eigenvalue weighted by molar-refractivity contribution is -0.120. The predicted octanol–water partition coefficient (Wildman–Crippen LogP) is 3.34. The van der Waals surface area contributed by atoms with Crippen LogP contribution in [0, 0.1) is 23.2 Å². The lowest BCUT2D eigenvalue weighted by atomic mass is 9.92. The maximum absolute atomic E-state index is 11.7. The zero-order chi connectivity index (χ0) is 27.4. The molecule has 4 aromatic heterocycles. The molecule has 0 spiro atoms. The molecule has 0 aromatic carbocycles. The van der Waals surface area contributed by atoms with Crippen molar-refractivity contribution in [2.45, 2.75) is 38.3 Å². The fourth-order valence-electron chi connectivity index (χ4n) is 6.23. The van der Waals surface area contributed by atoms with Gasteiger partial charge in [-0.05, 0) is 55.9 Å². The average Bonchev–Trinajstić information content (AvgIpc) is 3.63. The second kappa shape index (κ2) is 9.53. The normalized spacial score (nSPS) is 23.0. The van der Waals surface area contributed by atoms with Crippen LogP contribution in [0.3, 0.4) is 0 Å². The molecule has 4 aromatic rings. The van der Waals surface area contributed by atoms with Crippen molar-refractivity contribution in [1.29, 1.82) is 5.26 Å². The van der Waals surface area contributed by atoms with Gasteiger partial charge in [-0.1, -0.05) is 11.3 Å². The Morgan fingerprint density at radius 2 is 1.98 bits per heavy atom. The van der Waals surface area contributed by atoms with E-state index < -0.39 is 0 Å². The van der Waals surface area contributed by atoms with Crippen LogP contribution in [0.25, 0.3) is 27.5 Å². The summed E-state index contributed by atoms with van der Waals surface area (Å²) in [6, 6.07) is 10.1. The second-order valence-corrected chi connectivity index (χ2v) is 12.3. The summed E-state index contributed by atoms with van der Waals surface area (Å²) in [5.41, 5.74) is 4.54. The van der Waals surface area contributed by atoms with Crippen LogP contribution in [0.2, 0.25) is 0 Å². The largest absolute Gasteiger partial charge is 0.376 e. The molecule has 0 unspecified atom stereocenters. The summed E-state index contributed by atoms with van der Waals surface area (Å²) in [5.74, 6) is 0.911. The van der Waals surface area contributed by atoms with Gasteiger partial charge in [0.05, 0.1) is 53.0 Å². The molecule has 3 atom stereocenters. The first-order valence-electron chi connectivity index (χ1n) is 13.5. The third kappa shape index (κ3) is 4.35. The number of anilines is 2. The number of ether oxygens (including phenoxy) is 1. The van der Waals surface area contributed by atoms with E-state index in [4.69, 9.17) is 9.72 Å². The molecule has 2 saturated heterocycles. The second-order valence-electron chi connectivity index (χ2n) is 11.3. The van der Waals surface area contributed by atoms with Gasteiger partial charge >= 0.3 is 0 Å². The first kappa shape index (κ1) is 24.9. The number of nitrogens with zero attached hydrogens (tertiary/aromatic N) is 7. The van der Waals surface area contributed by atoms with Gasteiger partial charge in [0, 0.05) is 37.9 Å². The lowest BCUT2D eigenvalue weighted by Gasteiger charge is -2.40. The molecular formula is C28H29N9O2S. The molecule has 0 radical (unpaired) electrons. The Hall–Kier alpha value is -4.08. The van der Waals surface area contributed by atoms with Gasteiger partial charge in [-0.2, -0.15) is 10.4 Å². The molecule has 11 nitrogen and oxygen atoms in total. The van der Waals surface area contributed by atoms with Crippen LogP contribution in [0.5, 0.6) is 0 Å². The van der Waals surface area contributed by atoms with Crippen LogP contribution >= 0.6 is 11.3 Å². The number of amides is 1. The Bertz CT molecular complexity index is 1640. The number of carbonyl (C=O) groups excluding carboxylic acids is 1. The topological polar surface area (TPSA) is 133 Å². The van der Waals surface area contributed by atoms with Crippen LogP contribution in [-0.2, 0) is 9.53 Å². The molecule has 12 heteroatoms. The van der Waals surface area contributed by atoms with Crippen molar-refractivity contribution in [3.63, 3.8) is 0 Å². The van der Waals surface area contributed by atoms with E-state index in [1.54, 1.807) is 29.0 Å². The molecular weight excluding hydrogens is 526 g/mol. The number of hydrogen-bond donors (Lipinski definition) is 2. The number of fused-ring (bicyclic) bond motifs is 3. The molecule has 2 N–H and O–H groups in total. The van der Waals surface area contributed by atoms with Gasteiger partial charge in [0.2, 0.25) is 11.0 Å². The van der Waals surface area contributed by atoms with E-state index in [0.717, 1.165) is 64.2 Å². The third-order valence-electron chi connectivity index (χ3n) is 8.19. The molecule has 3 fully saturated rings. The highest BCUT2D eigenvalue weighted by Gasteiger charge is 2.43. The van der Waals surface area contributed by atoms with Gasteiger partial charge in [-0.15, -0.1) is 10.2 Å². The fraction of sp³-hybridized carbons (Fsp3) is 0.429. The van der Waals surface area contributed by atoms with E-state index in [9.17, 15) is 10.1 Å². The van der Waals surface area contributed by atoms with Crippen LogP contribution < -0.4 is 15.5 Å². The fourth-order valence-corrected chi connectivity index (χ4v) is 7.12. The van der Waals surface area contributed by atoms with Gasteiger partial charge in [-0.3, -0.25) is 9.78 Å². The molecule has 2 aliphatic heterocycles. The standard InChI is InChI=1S/C28H29N9O2S/c1-16(38)32-25-18-3-4-19(25)13-36(12-18)27-35-34-26(40-27)21-11-30-23(8-22(21)33-28(2)14-39-15-28)24-6-5-20-7-17(9-29)10-31-37(20)24/h5-8,10-11,18-19,25H,3-4,12-15H2,1-2H3,(H,30,33)(H,32,38)/t18-,19+,25-. The first-order chi connectivity index (χ1) is 19.4. The summed E-state index contributed by atoms with van der Waals surface area (Å²) in [6.45, 7) is 6.71. The SMILES string of the molecule is CC(=O)N[C@@H]1[C@@H]2CC[C@H]1CN(c1nnc(-c3cnc(-c4ccc5cc(C#N)cnn45)cc3NC3(C)COC3)s1)C2. The maximum Gasteiger partial charge on any atom is 0.217 e. The smallest absolute Gasteiger partial charge is 0.217 e. The van der Waals surface area contributed by atoms with Crippen molar-refractivity contribution in [1.82, 2.24) is 30.1 Å². The van der Waals surface area contributed by atoms with Crippen LogP contribution in [0.1, 0.15) is 32.3 Å². The van der Waals surface area contributed by atoms with Crippen molar-refractivity contribution in [2.75, 3.05) is 36.5 Å². The average molecular weight is 556 g/mol. The summed E-state index contributed by atoms with van der Waals surface area (Å²) in [6.07, 6.45) is 5.66. The molecule has 204 valence electrons. The van der Waals surface area contributed by atoms with Crippen molar-refractivity contribution >= 4 is 33.6 Å². The Labute approximate surface area is 235 Å². The van der Waals surface area contributed by atoms with Crippen molar-refractivity contribution < 1.29 is 9.53 Å². The molecule has 1 amide bonds.